The lowest BCUT2D eigenvalue weighted by Gasteiger charge is -2.71. The molecule has 4 saturated carbocycles. The Hall–Kier alpha value is -1.60. The Bertz CT molecular complexity index is 1320. The quantitative estimate of drug-likeness (QED) is 0.169. The molecule has 1 saturated heterocycles. The maximum Gasteiger partial charge on any atom is 0.335 e. The van der Waals surface area contributed by atoms with E-state index in [0.717, 1.165) is 38.5 Å². The number of aliphatic hydroxyl groups is 5. The lowest BCUT2D eigenvalue weighted by Crippen LogP contribution is -2.68. The summed E-state index contributed by atoms with van der Waals surface area (Å²) < 4.78 is 11.7. The van der Waals surface area contributed by atoms with Crippen molar-refractivity contribution in [1.82, 2.24) is 0 Å². The number of aliphatic carboxylic acids is 2. The van der Waals surface area contributed by atoms with Crippen LogP contribution in [0.4, 0.5) is 0 Å². The number of carboxylic acid groups (broad SMARTS) is 2. The van der Waals surface area contributed by atoms with Crippen molar-refractivity contribution in [3.8, 4) is 0 Å². The molecule has 266 valence electrons. The van der Waals surface area contributed by atoms with Gasteiger partial charge in [-0.05, 0) is 97.2 Å². The smallest absolute Gasteiger partial charge is 0.335 e. The first kappa shape index (κ1) is 35.2. The Morgan fingerprint density at radius 3 is 2.17 bits per heavy atom. The largest absolute Gasteiger partial charge is 0.481 e. The zero-order chi connectivity index (χ0) is 34.7. The molecule has 1 unspecified atom stereocenters. The molecule has 11 nitrogen and oxygen atoms in total. The molecule has 1 aliphatic heterocycles. The van der Waals surface area contributed by atoms with Crippen LogP contribution in [0.25, 0.3) is 0 Å². The van der Waals surface area contributed by atoms with E-state index in [4.69, 9.17) is 9.47 Å². The van der Waals surface area contributed by atoms with Crippen LogP contribution in [0.1, 0.15) is 99.3 Å². The van der Waals surface area contributed by atoms with Gasteiger partial charge in [0.1, 0.15) is 23.7 Å². The van der Waals surface area contributed by atoms with E-state index in [0.29, 0.717) is 19.3 Å². The summed E-state index contributed by atoms with van der Waals surface area (Å²) in [5.74, 6) is -2.44. The van der Waals surface area contributed by atoms with Crippen molar-refractivity contribution in [2.24, 2.45) is 50.2 Å². The first-order valence-corrected chi connectivity index (χ1v) is 17.5. The number of ether oxygens (including phenoxy) is 2. The SMILES string of the molecule is CC1(C)CC[C@]2(C(=O)O)C(O)C[C@]3(C)C(=CC[C@@H]4[C@@]5(C)CC[C@H](O[C@@H]6O[C@H](C(=O)O)[C@@H](O)[C@H](O)[C@H]6O)[C@@](C)(CO)[C@@H]5CC[C@]43C)[C@@H]2C1. The summed E-state index contributed by atoms with van der Waals surface area (Å²) in [5.41, 5.74) is -1.69. The van der Waals surface area contributed by atoms with Crippen LogP contribution in [-0.4, -0.2) is 97.2 Å². The fourth-order valence-electron chi connectivity index (χ4n) is 12.3. The van der Waals surface area contributed by atoms with Crippen LogP contribution in [0.2, 0.25) is 0 Å². The molecule has 11 heteroatoms. The summed E-state index contributed by atoms with van der Waals surface area (Å²) in [6.07, 6.45) is -1.87. The minimum atomic E-state index is -1.82. The predicted octanol–water partition coefficient (Wildman–Crippen LogP) is 3.09. The van der Waals surface area contributed by atoms with Gasteiger partial charge in [0.15, 0.2) is 12.4 Å². The molecule has 6 aliphatic rings. The zero-order valence-corrected chi connectivity index (χ0v) is 28.7. The lowest BCUT2D eigenvalue weighted by atomic mass is 9.33. The van der Waals surface area contributed by atoms with Crippen molar-refractivity contribution < 1.29 is 54.8 Å². The molecule has 0 radical (unpaired) electrons. The molecule has 1 heterocycles. The third-order valence-electron chi connectivity index (χ3n) is 15.3. The van der Waals surface area contributed by atoms with Crippen LogP contribution in [0.15, 0.2) is 11.6 Å². The Balaban J connectivity index is 1.33. The summed E-state index contributed by atoms with van der Waals surface area (Å²) in [6.45, 7) is 13.1. The predicted molar refractivity (Wildman–Crippen MR) is 169 cm³/mol. The normalized spacial score (nSPS) is 53.8. The highest BCUT2D eigenvalue weighted by molar-refractivity contribution is 5.77. The summed E-state index contributed by atoms with van der Waals surface area (Å²) in [4.78, 5) is 24.7. The maximum absolute atomic E-state index is 13.0. The summed E-state index contributed by atoms with van der Waals surface area (Å²) in [7, 11) is 0. The minimum absolute atomic E-state index is 0.0119. The Morgan fingerprint density at radius 2 is 1.55 bits per heavy atom. The number of aliphatic hydroxyl groups excluding tert-OH is 5. The monoisotopic (exact) mass is 664 g/mol. The number of carbonyl (C=O) groups is 2. The third-order valence-corrected chi connectivity index (χ3v) is 15.3. The van der Waals surface area contributed by atoms with Crippen molar-refractivity contribution in [2.75, 3.05) is 6.61 Å². The van der Waals surface area contributed by atoms with E-state index in [-0.39, 0.29) is 40.6 Å². The second kappa shape index (κ2) is 11.2. The van der Waals surface area contributed by atoms with Gasteiger partial charge >= 0.3 is 11.9 Å². The molecule has 6 rings (SSSR count). The van der Waals surface area contributed by atoms with Crippen LogP contribution >= 0.6 is 0 Å². The number of carboxylic acids is 2. The topological polar surface area (TPSA) is 194 Å². The van der Waals surface area contributed by atoms with Gasteiger partial charge in [-0.25, -0.2) is 4.79 Å². The zero-order valence-electron chi connectivity index (χ0n) is 28.7. The van der Waals surface area contributed by atoms with Gasteiger partial charge in [-0.2, -0.15) is 0 Å². The highest BCUT2D eigenvalue weighted by Gasteiger charge is 2.72. The molecule has 15 atom stereocenters. The molecular formula is C36H56O11. The van der Waals surface area contributed by atoms with Crippen molar-refractivity contribution >= 4 is 11.9 Å². The van der Waals surface area contributed by atoms with Crippen LogP contribution in [0.5, 0.6) is 0 Å². The molecule has 47 heavy (non-hydrogen) atoms. The number of hydrogen-bond acceptors (Lipinski definition) is 9. The molecule has 0 spiro atoms. The van der Waals surface area contributed by atoms with E-state index in [1.165, 1.54) is 5.57 Å². The molecule has 0 aromatic heterocycles. The summed E-state index contributed by atoms with van der Waals surface area (Å²) in [5, 5.41) is 74.3. The van der Waals surface area contributed by atoms with Gasteiger partial charge < -0.3 is 45.2 Å². The van der Waals surface area contributed by atoms with Gasteiger partial charge in [0.25, 0.3) is 0 Å². The second-order valence-corrected chi connectivity index (χ2v) is 17.8. The summed E-state index contributed by atoms with van der Waals surface area (Å²) >= 11 is 0. The van der Waals surface area contributed by atoms with Crippen LogP contribution < -0.4 is 0 Å². The molecule has 0 aromatic rings. The Morgan fingerprint density at radius 1 is 0.872 bits per heavy atom. The standard InChI is InChI=1S/C36H56O11/c1-31(2)13-14-36(30(44)45)19(15-31)18-7-8-21-32(3)11-10-23(46-29-26(41)24(39)25(40)27(47-29)28(42)43)33(4,17-37)20(32)9-12-34(21,5)35(18,6)16-22(36)38/h7,19-27,29,37-41H,8-17H2,1-6H3,(H,42,43)(H,44,45)/t19-,20+,21+,22?,23-,24-,25-,26+,27-,29+,32-,33-,34+,35+,36+/m0/s1. The van der Waals surface area contributed by atoms with Crippen LogP contribution in [0.3, 0.4) is 0 Å². The molecular weight excluding hydrogens is 608 g/mol. The van der Waals surface area contributed by atoms with Gasteiger partial charge in [0.2, 0.25) is 0 Å². The van der Waals surface area contributed by atoms with E-state index in [1.807, 2.05) is 6.92 Å². The minimum Gasteiger partial charge on any atom is -0.481 e. The molecule has 0 amide bonds. The van der Waals surface area contributed by atoms with Gasteiger partial charge in [0, 0.05) is 5.41 Å². The van der Waals surface area contributed by atoms with E-state index in [9.17, 15) is 45.3 Å². The fourth-order valence-corrected chi connectivity index (χ4v) is 12.3. The Labute approximate surface area is 277 Å². The molecule has 0 aromatic carbocycles. The van der Waals surface area contributed by atoms with Gasteiger partial charge in [-0.15, -0.1) is 0 Å². The van der Waals surface area contributed by atoms with Crippen molar-refractivity contribution in [3.63, 3.8) is 0 Å². The van der Waals surface area contributed by atoms with Gasteiger partial charge in [-0.3, -0.25) is 4.79 Å². The van der Waals surface area contributed by atoms with Crippen molar-refractivity contribution in [2.45, 2.75) is 142 Å². The molecule has 5 fully saturated rings. The molecule has 5 aliphatic carbocycles. The lowest BCUT2D eigenvalue weighted by molar-refractivity contribution is -0.327. The number of fused-ring (bicyclic) bond motifs is 7. The van der Waals surface area contributed by atoms with Gasteiger partial charge in [0.05, 0.1) is 18.8 Å². The van der Waals surface area contributed by atoms with E-state index in [2.05, 4.69) is 40.7 Å². The third kappa shape index (κ3) is 4.69. The first-order chi connectivity index (χ1) is 21.7. The average molecular weight is 665 g/mol. The summed E-state index contributed by atoms with van der Waals surface area (Å²) in [6, 6.07) is 0. The molecule has 7 N–H and O–H groups in total. The second-order valence-electron chi connectivity index (χ2n) is 17.8. The van der Waals surface area contributed by atoms with E-state index >= 15 is 0 Å². The van der Waals surface area contributed by atoms with E-state index in [1.54, 1.807) is 0 Å². The van der Waals surface area contributed by atoms with Crippen LogP contribution in [0, 0.1) is 50.2 Å². The highest BCUT2D eigenvalue weighted by Crippen LogP contribution is 2.76. The number of hydrogen-bond donors (Lipinski definition) is 7. The maximum atomic E-state index is 13.0. The average Bonchev–Trinajstić information content (AvgIpc) is 2.98. The fraction of sp³-hybridized carbons (Fsp3) is 0.889. The molecule has 0 bridgehead atoms. The Kier molecular flexibility index (Phi) is 8.40. The number of rotatable bonds is 5. The van der Waals surface area contributed by atoms with Crippen molar-refractivity contribution in [1.29, 1.82) is 0 Å². The van der Waals surface area contributed by atoms with Gasteiger partial charge in [-0.1, -0.05) is 53.2 Å². The highest BCUT2D eigenvalue weighted by atomic mass is 16.7. The number of allylic oxidation sites excluding steroid dienone is 2. The van der Waals surface area contributed by atoms with Crippen LogP contribution in [-0.2, 0) is 19.1 Å². The van der Waals surface area contributed by atoms with Crippen molar-refractivity contribution in [3.05, 3.63) is 11.6 Å². The van der Waals surface area contributed by atoms with E-state index < -0.39 is 71.1 Å². The first-order valence-electron chi connectivity index (χ1n) is 17.5.